The van der Waals surface area contributed by atoms with Crippen LogP contribution >= 0.6 is 0 Å². The number of nitrogens with one attached hydrogen (secondary N) is 2. The van der Waals surface area contributed by atoms with E-state index in [1.54, 1.807) is 0 Å². The van der Waals surface area contributed by atoms with Gasteiger partial charge in [0.1, 0.15) is 18.1 Å². The molecule has 0 saturated carbocycles. The van der Waals surface area contributed by atoms with E-state index in [-0.39, 0.29) is 17.3 Å². The predicted molar refractivity (Wildman–Crippen MR) is 89.0 cm³/mol. The molecule has 0 unspecified atom stereocenters. The minimum atomic E-state index is -4.77. The molecule has 0 aromatic heterocycles. The second kappa shape index (κ2) is 8.91. The summed E-state index contributed by atoms with van der Waals surface area (Å²) in [7, 11) is -3.95. The first kappa shape index (κ1) is 21.5. The number of benzene rings is 2. The van der Waals surface area contributed by atoms with E-state index in [1.807, 2.05) is 4.72 Å². The van der Waals surface area contributed by atoms with E-state index in [1.165, 1.54) is 41.9 Å². The fraction of sp³-hybridized carbons (Fsp3) is 0.188. The highest BCUT2D eigenvalue weighted by Gasteiger charge is 2.30. The van der Waals surface area contributed by atoms with Crippen molar-refractivity contribution in [3.8, 4) is 11.5 Å². The van der Waals surface area contributed by atoms with Gasteiger partial charge in [0.2, 0.25) is 10.0 Å². The lowest BCUT2D eigenvalue weighted by Crippen LogP contribution is -2.35. The van der Waals surface area contributed by atoms with Crippen molar-refractivity contribution in [3.05, 3.63) is 54.1 Å². The Balaban J connectivity index is 1.93. The number of hydrogen-bond acceptors (Lipinski definition) is 6. The smallest absolute Gasteiger partial charge is 0.489 e. The number of amides is 1. The third-order valence-electron chi connectivity index (χ3n) is 3.24. The van der Waals surface area contributed by atoms with Crippen molar-refractivity contribution in [2.24, 2.45) is 0 Å². The van der Waals surface area contributed by atoms with Gasteiger partial charge < -0.3 is 9.47 Å². The first-order chi connectivity index (χ1) is 13.1. The van der Waals surface area contributed by atoms with Crippen molar-refractivity contribution in [2.45, 2.75) is 17.9 Å². The molecule has 1 amide bonds. The summed E-state index contributed by atoms with van der Waals surface area (Å²) < 4.78 is 71.5. The molecule has 0 atom stereocenters. The predicted octanol–water partition coefficient (Wildman–Crippen LogP) is 1.95. The molecule has 0 saturated heterocycles. The van der Waals surface area contributed by atoms with Crippen LogP contribution in [-0.4, -0.2) is 32.4 Å². The van der Waals surface area contributed by atoms with Crippen molar-refractivity contribution < 1.29 is 41.1 Å². The molecular weight excluding hydrogens is 405 g/mol. The topological polar surface area (TPSA) is 114 Å². The van der Waals surface area contributed by atoms with Gasteiger partial charge in [-0.25, -0.2) is 18.6 Å². The van der Waals surface area contributed by atoms with Gasteiger partial charge in [-0.1, -0.05) is 12.1 Å². The Hall–Kier alpha value is -2.83. The average Bonchev–Trinajstić information content (AvgIpc) is 2.64. The molecule has 2 rings (SSSR count). The maximum atomic E-state index is 12.1. The summed E-state index contributed by atoms with van der Waals surface area (Å²) in [6.07, 6.45) is -4.77. The highest BCUT2D eigenvalue weighted by molar-refractivity contribution is 7.89. The van der Waals surface area contributed by atoms with Crippen molar-refractivity contribution in [1.29, 1.82) is 0 Å². The highest BCUT2D eigenvalue weighted by atomic mass is 32.2. The molecule has 0 fully saturated rings. The standard InChI is InChI=1S/C16H15F3N2O6S/c17-16(18,19)27-13-3-1-11(2-4-13)10-26-12-5-7-14(8-6-12)28(24,25)20-9-15(22)21-23/h1-8,20,23H,9-10H2,(H,21,22). The first-order valence-electron chi connectivity index (χ1n) is 7.59. The van der Waals surface area contributed by atoms with Gasteiger partial charge in [0, 0.05) is 0 Å². The molecule has 12 heteroatoms. The largest absolute Gasteiger partial charge is 0.573 e. The van der Waals surface area contributed by atoms with Gasteiger partial charge in [-0.15, -0.1) is 13.2 Å². The third-order valence-corrected chi connectivity index (χ3v) is 4.66. The number of hydroxylamine groups is 1. The van der Waals surface area contributed by atoms with Crippen LogP contribution < -0.4 is 19.7 Å². The van der Waals surface area contributed by atoms with Crippen LogP contribution in [0.25, 0.3) is 0 Å². The molecule has 2 aromatic rings. The Morgan fingerprint density at radius 3 is 2.11 bits per heavy atom. The van der Waals surface area contributed by atoms with E-state index >= 15 is 0 Å². The molecule has 152 valence electrons. The Morgan fingerprint density at radius 1 is 1.00 bits per heavy atom. The van der Waals surface area contributed by atoms with E-state index in [4.69, 9.17) is 9.94 Å². The van der Waals surface area contributed by atoms with Crippen LogP contribution in [0.15, 0.2) is 53.4 Å². The van der Waals surface area contributed by atoms with Gasteiger partial charge in [-0.05, 0) is 42.0 Å². The normalized spacial score (nSPS) is 11.7. The minimum absolute atomic E-state index is 0.0350. The number of alkyl halides is 3. The molecule has 8 nitrogen and oxygen atoms in total. The van der Waals surface area contributed by atoms with Crippen LogP contribution in [0.1, 0.15) is 5.56 Å². The number of ether oxygens (including phenoxy) is 2. The molecule has 0 spiro atoms. The number of halogens is 3. The Kier molecular flexibility index (Phi) is 6.83. The molecule has 0 aliphatic rings. The van der Waals surface area contributed by atoms with E-state index in [9.17, 15) is 26.4 Å². The molecule has 0 radical (unpaired) electrons. The third kappa shape index (κ3) is 6.72. The lowest BCUT2D eigenvalue weighted by atomic mass is 10.2. The summed E-state index contributed by atoms with van der Waals surface area (Å²) in [5.74, 6) is -0.953. The molecule has 2 aromatic carbocycles. The van der Waals surface area contributed by atoms with Crippen molar-refractivity contribution in [2.75, 3.05) is 6.54 Å². The summed E-state index contributed by atoms with van der Waals surface area (Å²) in [5, 5.41) is 8.35. The maximum Gasteiger partial charge on any atom is 0.573 e. The van der Waals surface area contributed by atoms with Crippen LogP contribution in [0, 0.1) is 0 Å². The summed E-state index contributed by atoms with van der Waals surface area (Å²) >= 11 is 0. The summed E-state index contributed by atoms with van der Waals surface area (Å²) in [5.41, 5.74) is 1.87. The quantitative estimate of drug-likeness (QED) is 0.444. The Labute approximate surface area is 157 Å². The van der Waals surface area contributed by atoms with Crippen LogP contribution in [0.2, 0.25) is 0 Å². The van der Waals surface area contributed by atoms with Gasteiger partial charge in [-0.3, -0.25) is 10.0 Å². The number of carbonyl (C=O) groups excluding carboxylic acids is 1. The molecule has 0 heterocycles. The second-order valence-corrected chi connectivity index (χ2v) is 7.08. The van der Waals surface area contributed by atoms with Gasteiger partial charge in [0.25, 0.3) is 5.91 Å². The van der Waals surface area contributed by atoms with E-state index in [0.717, 1.165) is 12.1 Å². The fourth-order valence-corrected chi connectivity index (χ4v) is 2.93. The van der Waals surface area contributed by atoms with Crippen molar-refractivity contribution in [3.63, 3.8) is 0 Å². The first-order valence-corrected chi connectivity index (χ1v) is 9.07. The van der Waals surface area contributed by atoms with Gasteiger partial charge in [0.15, 0.2) is 0 Å². The molecule has 3 N–H and O–H groups in total. The summed E-state index contributed by atoms with van der Waals surface area (Å²) in [6, 6.07) is 10.3. The SMILES string of the molecule is O=C(CNS(=O)(=O)c1ccc(OCc2ccc(OC(F)(F)F)cc2)cc1)NO. The molecule has 0 aliphatic carbocycles. The lowest BCUT2D eigenvalue weighted by Gasteiger charge is -2.10. The van der Waals surface area contributed by atoms with Crippen LogP contribution in [-0.2, 0) is 21.4 Å². The zero-order chi connectivity index (χ0) is 20.8. The zero-order valence-corrected chi connectivity index (χ0v) is 14.9. The average molecular weight is 420 g/mol. The number of carbonyl (C=O) groups is 1. The fourth-order valence-electron chi connectivity index (χ4n) is 1.95. The lowest BCUT2D eigenvalue weighted by molar-refractivity contribution is -0.274. The molecule has 28 heavy (non-hydrogen) atoms. The van der Waals surface area contributed by atoms with E-state index in [0.29, 0.717) is 11.3 Å². The molecular formula is C16H15F3N2O6S. The highest BCUT2D eigenvalue weighted by Crippen LogP contribution is 2.23. The zero-order valence-electron chi connectivity index (χ0n) is 14.1. The Morgan fingerprint density at radius 2 is 1.57 bits per heavy atom. The monoisotopic (exact) mass is 420 g/mol. The van der Waals surface area contributed by atoms with E-state index < -0.39 is 28.8 Å². The van der Waals surface area contributed by atoms with Gasteiger partial charge in [-0.2, -0.15) is 0 Å². The van der Waals surface area contributed by atoms with Crippen LogP contribution in [0.4, 0.5) is 13.2 Å². The van der Waals surface area contributed by atoms with Crippen LogP contribution in [0.5, 0.6) is 11.5 Å². The molecule has 0 bridgehead atoms. The van der Waals surface area contributed by atoms with Gasteiger partial charge in [0.05, 0.1) is 11.4 Å². The number of sulfonamides is 1. The van der Waals surface area contributed by atoms with Crippen molar-refractivity contribution in [1.82, 2.24) is 10.2 Å². The van der Waals surface area contributed by atoms with Crippen LogP contribution in [0.3, 0.4) is 0 Å². The van der Waals surface area contributed by atoms with E-state index in [2.05, 4.69) is 4.74 Å². The Bertz CT molecular complexity index is 899. The second-order valence-electron chi connectivity index (χ2n) is 5.31. The maximum absolute atomic E-state index is 12.1. The summed E-state index contributed by atoms with van der Waals surface area (Å²) in [6.45, 7) is -0.599. The van der Waals surface area contributed by atoms with Crippen molar-refractivity contribution >= 4 is 15.9 Å². The minimum Gasteiger partial charge on any atom is -0.489 e. The van der Waals surface area contributed by atoms with Gasteiger partial charge >= 0.3 is 6.36 Å². The summed E-state index contributed by atoms with van der Waals surface area (Å²) in [4.78, 5) is 10.8. The molecule has 0 aliphatic heterocycles. The number of hydrogen-bond donors (Lipinski definition) is 3. The number of rotatable bonds is 8.